The summed E-state index contributed by atoms with van der Waals surface area (Å²) in [5.74, 6) is -2.55. The molecule has 0 radical (unpaired) electrons. The van der Waals surface area contributed by atoms with Gasteiger partial charge in [-0.1, -0.05) is 0 Å². The summed E-state index contributed by atoms with van der Waals surface area (Å²) in [5.41, 5.74) is -0.572. The van der Waals surface area contributed by atoms with E-state index in [1.807, 2.05) is 0 Å². The van der Waals surface area contributed by atoms with E-state index in [1.54, 1.807) is 0 Å². The van der Waals surface area contributed by atoms with Crippen molar-refractivity contribution < 1.29 is 13.6 Å². The number of carbonyl (C=O) groups excluding carboxylic acids is 1. The van der Waals surface area contributed by atoms with Crippen LogP contribution in [0.5, 0.6) is 0 Å². The minimum Gasteiger partial charge on any atom is -0.355 e. The van der Waals surface area contributed by atoms with Crippen molar-refractivity contribution in [3.8, 4) is 0 Å². The molecule has 1 aromatic rings. The van der Waals surface area contributed by atoms with Crippen LogP contribution in [-0.4, -0.2) is 13.0 Å². The summed E-state index contributed by atoms with van der Waals surface area (Å²) in [5, 5.41) is 2.15. The molecule has 0 bridgehead atoms. The van der Waals surface area contributed by atoms with Gasteiger partial charge in [-0.2, -0.15) is 0 Å². The Hall–Kier alpha value is -0.970. The fraction of sp³-hybridized carbons (Fsp3) is 0.125. The smallest absolute Gasteiger partial charge is 0.257 e. The van der Waals surface area contributed by atoms with Gasteiger partial charge in [0, 0.05) is 7.05 Å². The van der Waals surface area contributed by atoms with E-state index in [1.165, 1.54) is 13.1 Å². The lowest BCUT2D eigenvalue weighted by atomic mass is 10.2. The van der Waals surface area contributed by atoms with Crippen LogP contribution in [0.15, 0.2) is 16.6 Å². The second-order valence-corrected chi connectivity index (χ2v) is 3.15. The zero-order chi connectivity index (χ0) is 10.0. The number of nitrogens with one attached hydrogen (secondary N) is 1. The molecule has 0 unspecified atom stereocenters. The molecule has 13 heavy (non-hydrogen) atoms. The summed E-state index contributed by atoms with van der Waals surface area (Å²) < 4.78 is 26.2. The standard InChI is InChI=1S/C8H6BrF2NO/c1-12-8(13)6-5(10)3-2-4(9)7(6)11/h2-3H,1H3,(H,12,13). The van der Waals surface area contributed by atoms with Gasteiger partial charge in [0.15, 0.2) is 5.82 Å². The van der Waals surface area contributed by atoms with Crippen LogP contribution in [0.2, 0.25) is 0 Å². The van der Waals surface area contributed by atoms with E-state index in [0.717, 1.165) is 6.07 Å². The Labute approximate surface area is 82.1 Å². The monoisotopic (exact) mass is 249 g/mol. The molecule has 2 nitrogen and oxygen atoms in total. The fourth-order valence-electron chi connectivity index (χ4n) is 0.860. The average Bonchev–Trinajstić information content (AvgIpc) is 2.12. The van der Waals surface area contributed by atoms with Gasteiger partial charge in [0.1, 0.15) is 11.4 Å². The van der Waals surface area contributed by atoms with Crippen LogP contribution in [0.3, 0.4) is 0 Å². The van der Waals surface area contributed by atoms with Crippen molar-refractivity contribution in [3.63, 3.8) is 0 Å². The molecule has 0 aliphatic carbocycles. The maximum absolute atomic E-state index is 13.2. The lowest BCUT2D eigenvalue weighted by Crippen LogP contribution is -2.21. The van der Waals surface area contributed by atoms with Gasteiger partial charge in [0.05, 0.1) is 4.47 Å². The third-order valence-corrected chi connectivity index (χ3v) is 2.11. The molecule has 0 saturated heterocycles. The molecule has 0 spiro atoms. The van der Waals surface area contributed by atoms with Gasteiger partial charge >= 0.3 is 0 Å². The van der Waals surface area contributed by atoms with Gasteiger partial charge in [-0.15, -0.1) is 0 Å². The fourth-order valence-corrected chi connectivity index (χ4v) is 1.19. The van der Waals surface area contributed by atoms with Crippen LogP contribution in [0, 0.1) is 11.6 Å². The van der Waals surface area contributed by atoms with E-state index in [2.05, 4.69) is 21.2 Å². The maximum Gasteiger partial charge on any atom is 0.257 e. The molecule has 0 fully saturated rings. The van der Waals surface area contributed by atoms with Crippen molar-refractivity contribution in [2.45, 2.75) is 0 Å². The highest BCUT2D eigenvalue weighted by atomic mass is 79.9. The molecule has 0 saturated carbocycles. The van der Waals surface area contributed by atoms with Crippen LogP contribution >= 0.6 is 15.9 Å². The van der Waals surface area contributed by atoms with E-state index < -0.39 is 23.1 Å². The summed E-state index contributed by atoms with van der Waals surface area (Å²) in [7, 11) is 1.31. The molecule has 0 heterocycles. The molecule has 0 aliphatic heterocycles. The highest BCUT2D eigenvalue weighted by molar-refractivity contribution is 9.10. The molecule has 1 N–H and O–H groups in total. The molecular formula is C8H6BrF2NO. The lowest BCUT2D eigenvalue weighted by molar-refractivity contribution is 0.0954. The predicted molar refractivity (Wildman–Crippen MR) is 47.4 cm³/mol. The van der Waals surface area contributed by atoms with Crippen LogP contribution < -0.4 is 5.32 Å². The van der Waals surface area contributed by atoms with Gasteiger partial charge in [-0.25, -0.2) is 8.78 Å². The van der Waals surface area contributed by atoms with Gasteiger partial charge in [-0.3, -0.25) is 4.79 Å². The Morgan fingerprint density at radius 1 is 1.46 bits per heavy atom. The number of hydrogen-bond acceptors (Lipinski definition) is 1. The Morgan fingerprint density at radius 3 is 2.62 bits per heavy atom. The zero-order valence-electron chi connectivity index (χ0n) is 6.70. The molecular weight excluding hydrogens is 244 g/mol. The van der Waals surface area contributed by atoms with Crippen molar-refractivity contribution in [2.24, 2.45) is 0 Å². The Kier molecular flexibility index (Phi) is 2.98. The van der Waals surface area contributed by atoms with Gasteiger partial charge in [-0.05, 0) is 28.1 Å². The van der Waals surface area contributed by atoms with Gasteiger partial charge in [0.25, 0.3) is 5.91 Å². The van der Waals surface area contributed by atoms with Crippen molar-refractivity contribution in [1.82, 2.24) is 5.32 Å². The maximum atomic E-state index is 13.2. The van der Waals surface area contributed by atoms with Crippen molar-refractivity contribution >= 4 is 21.8 Å². The van der Waals surface area contributed by atoms with E-state index in [4.69, 9.17) is 0 Å². The summed E-state index contributed by atoms with van der Waals surface area (Å²) in [4.78, 5) is 11.0. The lowest BCUT2D eigenvalue weighted by Gasteiger charge is -2.04. The Balaban J connectivity index is 3.33. The van der Waals surface area contributed by atoms with Crippen molar-refractivity contribution in [2.75, 3.05) is 7.05 Å². The number of halogens is 3. The Morgan fingerprint density at radius 2 is 2.08 bits per heavy atom. The number of carbonyl (C=O) groups is 1. The highest BCUT2D eigenvalue weighted by Gasteiger charge is 2.17. The first-order valence-corrected chi connectivity index (χ1v) is 4.22. The van der Waals surface area contributed by atoms with E-state index in [0.29, 0.717) is 0 Å². The minimum absolute atomic E-state index is 0.0625. The summed E-state index contributed by atoms with van der Waals surface area (Å²) in [6.45, 7) is 0. The quantitative estimate of drug-likeness (QED) is 0.759. The molecule has 1 amide bonds. The minimum atomic E-state index is -0.889. The average molecular weight is 250 g/mol. The SMILES string of the molecule is CNC(=O)c1c(F)ccc(Br)c1F. The Bertz CT molecular complexity index is 354. The predicted octanol–water partition coefficient (Wildman–Crippen LogP) is 2.09. The largest absolute Gasteiger partial charge is 0.355 e. The molecule has 0 aromatic heterocycles. The van der Waals surface area contributed by atoms with E-state index in [9.17, 15) is 13.6 Å². The summed E-state index contributed by atoms with van der Waals surface area (Å²) in [6.07, 6.45) is 0. The normalized spacial score (nSPS) is 9.85. The van der Waals surface area contributed by atoms with Gasteiger partial charge < -0.3 is 5.32 Å². The third-order valence-electron chi connectivity index (χ3n) is 1.50. The van der Waals surface area contributed by atoms with Crippen LogP contribution in [0.1, 0.15) is 10.4 Å². The number of rotatable bonds is 1. The van der Waals surface area contributed by atoms with Crippen LogP contribution in [0.4, 0.5) is 8.78 Å². The number of amides is 1. The second kappa shape index (κ2) is 3.83. The topological polar surface area (TPSA) is 29.1 Å². The van der Waals surface area contributed by atoms with Crippen molar-refractivity contribution in [3.05, 3.63) is 33.8 Å². The summed E-state index contributed by atoms with van der Waals surface area (Å²) >= 11 is 2.86. The molecule has 1 aromatic carbocycles. The van der Waals surface area contributed by atoms with E-state index in [-0.39, 0.29) is 4.47 Å². The summed E-state index contributed by atoms with van der Waals surface area (Å²) in [6, 6.07) is 2.23. The van der Waals surface area contributed by atoms with Gasteiger partial charge in [0.2, 0.25) is 0 Å². The van der Waals surface area contributed by atoms with Crippen LogP contribution in [0.25, 0.3) is 0 Å². The zero-order valence-corrected chi connectivity index (χ0v) is 8.28. The molecule has 0 atom stereocenters. The molecule has 1 rings (SSSR count). The number of hydrogen-bond donors (Lipinski definition) is 1. The molecule has 0 aliphatic rings. The first-order valence-electron chi connectivity index (χ1n) is 3.43. The third kappa shape index (κ3) is 1.85. The molecule has 70 valence electrons. The van der Waals surface area contributed by atoms with Crippen molar-refractivity contribution in [1.29, 1.82) is 0 Å². The first kappa shape index (κ1) is 10.1. The number of benzene rings is 1. The first-order chi connectivity index (χ1) is 6.07. The second-order valence-electron chi connectivity index (χ2n) is 2.30. The highest BCUT2D eigenvalue weighted by Crippen LogP contribution is 2.21. The van der Waals surface area contributed by atoms with E-state index >= 15 is 0 Å². The molecule has 5 heteroatoms. The van der Waals surface area contributed by atoms with Crippen LogP contribution in [-0.2, 0) is 0 Å².